The molecule has 0 saturated heterocycles. The lowest BCUT2D eigenvalue weighted by molar-refractivity contribution is 0.280. The highest BCUT2D eigenvalue weighted by molar-refractivity contribution is 5.80. The number of fused-ring (bicyclic) bond motifs is 1. The molecule has 2 heterocycles. The zero-order chi connectivity index (χ0) is 13.9. The molecule has 19 heavy (non-hydrogen) atoms. The quantitative estimate of drug-likeness (QED) is 0.868. The maximum Gasteiger partial charge on any atom is 0.140 e. The Hall–Kier alpha value is -1.39. The number of aryl methyl sites for hydroxylation is 1. The second-order valence-electron chi connectivity index (χ2n) is 5.90. The van der Waals surface area contributed by atoms with Crippen LogP contribution in [-0.4, -0.2) is 26.8 Å². The molecule has 0 amide bonds. The average molecular weight is 261 g/mol. The van der Waals surface area contributed by atoms with Crippen molar-refractivity contribution in [3.05, 3.63) is 30.1 Å². The maximum absolute atomic E-state index is 8.97. The number of rotatable bonds is 5. The van der Waals surface area contributed by atoms with Crippen LogP contribution in [0.15, 0.2) is 24.5 Å². The van der Waals surface area contributed by atoms with E-state index in [2.05, 4.69) is 47.9 Å². The minimum Gasteiger partial charge on any atom is -0.396 e. The van der Waals surface area contributed by atoms with Gasteiger partial charge in [0.2, 0.25) is 0 Å². The number of nitrogens with one attached hydrogen (secondary N) is 1. The maximum atomic E-state index is 8.97. The summed E-state index contributed by atoms with van der Waals surface area (Å²) < 4.78 is 2.13. The topological polar surface area (TPSA) is 50.1 Å². The molecule has 0 unspecified atom stereocenters. The molecule has 0 fully saturated rings. The third-order valence-electron chi connectivity index (χ3n) is 3.08. The van der Waals surface area contributed by atoms with E-state index in [1.165, 1.54) is 10.9 Å². The van der Waals surface area contributed by atoms with E-state index in [-0.39, 0.29) is 12.1 Å². The van der Waals surface area contributed by atoms with Gasteiger partial charge in [0.15, 0.2) is 0 Å². The molecule has 2 aromatic heterocycles. The smallest absolute Gasteiger partial charge is 0.140 e. The lowest BCUT2D eigenvalue weighted by Crippen LogP contribution is -2.34. The van der Waals surface area contributed by atoms with Crippen LogP contribution >= 0.6 is 0 Å². The summed E-state index contributed by atoms with van der Waals surface area (Å²) in [6, 6.07) is 4.08. The Labute approximate surface area is 114 Å². The van der Waals surface area contributed by atoms with Gasteiger partial charge in [-0.25, -0.2) is 4.98 Å². The van der Waals surface area contributed by atoms with Gasteiger partial charge in [-0.1, -0.05) is 0 Å². The predicted octanol–water partition coefficient (Wildman–Crippen LogP) is 2.31. The van der Waals surface area contributed by atoms with Crippen molar-refractivity contribution in [1.29, 1.82) is 0 Å². The van der Waals surface area contributed by atoms with Crippen LogP contribution in [0.5, 0.6) is 0 Å². The second-order valence-corrected chi connectivity index (χ2v) is 5.90. The van der Waals surface area contributed by atoms with E-state index in [4.69, 9.17) is 5.11 Å². The normalized spacial score (nSPS) is 12.2. The SMILES string of the molecule is CC(C)(C)NCc1cn(CCCO)c2ncccc12. The molecule has 4 heteroatoms. The minimum atomic E-state index is 0.0989. The molecule has 2 N–H and O–H groups in total. The summed E-state index contributed by atoms with van der Waals surface area (Å²) in [4.78, 5) is 4.45. The van der Waals surface area contributed by atoms with Crippen LogP contribution in [0.4, 0.5) is 0 Å². The van der Waals surface area contributed by atoms with E-state index in [0.29, 0.717) is 0 Å². The number of aromatic nitrogens is 2. The zero-order valence-electron chi connectivity index (χ0n) is 12.0. The second kappa shape index (κ2) is 5.72. The van der Waals surface area contributed by atoms with Gasteiger partial charge in [-0.3, -0.25) is 0 Å². The van der Waals surface area contributed by atoms with Crippen molar-refractivity contribution in [2.24, 2.45) is 0 Å². The van der Waals surface area contributed by atoms with E-state index in [1.54, 1.807) is 0 Å². The van der Waals surface area contributed by atoms with Gasteiger partial charge in [0.25, 0.3) is 0 Å². The van der Waals surface area contributed by atoms with Gasteiger partial charge in [0, 0.05) is 43.0 Å². The monoisotopic (exact) mass is 261 g/mol. The molecule has 0 bridgehead atoms. The van der Waals surface area contributed by atoms with Gasteiger partial charge < -0.3 is 15.0 Å². The minimum absolute atomic E-state index is 0.0989. The van der Waals surface area contributed by atoms with Crippen LogP contribution in [0.3, 0.4) is 0 Å². The lowest BCUT2D eigenvalue weighted by Gasteiger charge is -2.20. The average Bonchev–Trinajstić information content (AvgIpc) is 2.72. The summed E-state index contributed by atoms with van der Waals surface area (Å²) in [5, 5.41) is 13.7. The van der Waals surface area contributed by atoms with Gasteiger partial charge in [-0.2, -0.15) is 0 Å². The molecular formula is C15H23N3O. The molecule has 2 rings (SSSR count). The third kappa shape index (κ3) is 3.55. The van der Waals surface area contributed by atoms with Gasteiger partial charge >= 0.3 is 0 Å². The molecule has 2 aromatic rings. The van der Waals surface area contributed by atoms with Crippen LogP contribution in [0, 0.1) is 0 Å². The highest BCUT2D eigenvalue weighted by atomic mass is 16.3. The van der Waals surface area contributed by atoms with E-state index in [9.17, 15) is 0 Å². The number of hydrogen-bond acceptors (Lipinski definition) is 3. The first-order valence-electron chi connectivity index (χ1n) is 6.80. The lowest BCUT2D eigenvalue weighted by atomic mass is 10.1. The van der Waals surface area contributed by atoms with Gasteiger partial charge in [-0.05, 0) is 44.9 Å². The van der Waals surface area contributed by atoms with Gasteiger partial charge in [0.05, 0.1) is 0 Å². The molecule has 0 atom stereocenters. The number of pyridine rings is 1. The van der Waals surface area contributed by atoms with Crippen molar-refractivity contribution < 1.29 is 5.11 Å². The number of hydrogen-bond donors (Lipinski definition) is 2. The summed E-state index contributed by atoms with van der Waals surface area (Å²) in [6.07, 6.45) is 4.72. The van der Waals surface area contributed by atoms with E-state index < -0.39 is 0 Å². The Morgan fingerprint density at radius 2 is 2.16 bits per heavy atom. The molecule has 0 aromatic carbocycles. The van der Waals surface area contributed by atoms with Crippen LogP contribution in [0.2, 0.25) is 0 Å². The Balaban J connectivity index is 2.28. The molecule has 0 aliphatic carbocycles. The van der Waals surface area contributed by atoms with Crippen molar-refractivity contribution in [2.45, 2.75) is 45.8 Å². The Morgan fingerprint density at radius 1 is 1.37 bits per heavy atom. The predicted molar refractivity (Wildman–Crippen MR) is 78.0 cm³/mol. The van der Waals surface area contributed by atoms with Crippen LogP contribution < -0.4 is 5.32 Å². The molecule has 0 saturated carbocycles. The molecule has 0 radical (unpaired) electrons. The fourth-order valence-corrected chi connectivity index (χ4v) is 2.11. The first kappa shape index (κ1) is 14.0. The van der Waals surface area contributed by atoms with E-state index >= 15 is 0 Å². The first-order valence-corrected chi connectivity index (χ1v) is 6.80. The molecule has 0 spiro atoms. The number of aliphatic hydroxyl groups is 1. The van der Waals surface area contributed by atoms with Crippen LogP contribution in [0.25, 0.3) is 11.0 Å². The van der Waals surface area contributed by atoms with Crippen molar-refractivity contribution in [3.8, 4) is 0 Å². The largest absolute Gasteiger partial charge is 0.396 e. The molecule has 0 aliphatic rings. The highest BCUT2D eigenvalue weighted by Gasteiger charge is 2.13. The van der Waals surface area contributed by atoms with Crippen molar-refractivity contribution in [1.82, 2.24) is 14.9 Å². The Bertz CT molecular complexity index is 540. The molecular weight excluding hydrogens is 238 g/mol. The summed E-state index contributed by atoms with van der Waals surface area (Å²) in [7, 11) is 0. The summed E-state index contributed by atoms with van der Waals surface area (Å²) in [5.41, 5.74) is 2.36. The van der Waals surface area contributed by atoms with Gasteiger partial charge in [0.1, 0.15) is 5.65 Å². The van der Waals surface area contributed by atoms with Crippen LogP contribution in [-0.2, 0) is 13.1 Å². The van der Waals surface area contributed by atoms with Crippen molar-refractivity contribution in [2.75, 3.05) is 6.61 Å². The summed E-state index contributed by atoms with van der Waals surface area (Å²) in [5.74, 6) is 0. The number of nitrogens with zero attached hydrogens (tertiary/aromatic N) is 2. The van der Waals surface area contributed by atoms with Crippen LogP contribution in [0.1, 0.15) is 32.8 Å². The fourth-order valence-electron chi connectivity index (χ4n) is 2.11. The van der Waals surface area contributed by atoms with Crippen molar-refractivity contribution >= 4 is 11.0 Å². The highest BCUT2D eigenvalue weighted by Crippen LogP contribution is 2.20. The molecule has 0 aliphatic heterocycles. The standard InChI is InChI=1S/C15H23N3O/c1-15(2,3)17-10-12-11-18(8-5-9-19)14-13(12)6-4-7-16-14/h4,6-7,11,17,19H,5,8-10H2,1-3H3. The van der Waals surface area contributed by atoms with Gasteiger partial charge in [-0.15, -0.1) is 0 Å². The Morgan fingerprint density at radius 3 is 2.84 bits per heavy atom. The first-order chi connectivity index (χ1) is 9.01. The third-order valence-corrected chi connectivity index (χ3v) is 3.08. The molecule has 104 valence electrons. The fraction of sp³-hybridized carbons (Fsp3) is 0.533. The molecule has 4 nitrogen and oxygen atoms in total. The summed E-state index contributed by atoms with van der Waals surface area (Å²) >= 11 is 0. The summed E-state index contributed by atoms with van der Waals surface area (Å²) in [6.45, 7) is 8.34. The Kier molecular flexibility index (Phi) is 4.22. The van der Waals surface area contributed by atoms with E-state index in [1.807, 2.05) is 12.3 Å². The zero-order valence-corrected chi connectivity index (χ0v) is 12.0. The van der Waals surface area contributed by atoms with Crippen molar-refractivity contribution in [3.63, 3.8) is 0 Å². The number of aliphatic hydroxyl groups excluding tert-OH is 1. The van der Waals surface area contributed by atoms with E-state index in [0.717, 1.165) is 25.2 Å².